The Kier molecular flexibility index (Phi) is 10.2. The van der Waals surface area contributed by atoms with Gasteiger partial charge in [0.2, 0.25) is 5.96 Å². The molecule has 2 aromatic rings. The largest absolute Gasteiger partial charge is 0.351 e. The number of nitrogens with one attached hydrogen (secondary N) is 3. The van der Waals surface area contributed by atoms with E-state index >= 15 is 0 Å². The van der Waals surface area contributed by atoms with Crippen molar-refractivity contribution < 1.29 is 9.18 Å². The van der Waals surface area contributed by atoms with Gasteiger partial charge in [0.05, 0.1) is 5.69 Å². The number of nitrogens with zero attached hydrogens (tertiary/aromatic N) is 3. The lowest BCUT2D eigenvalue weighted by atomic mass is 9.87. The van der Waals surface area contributed by atoms with Crippen LogP contribution in [0.4, 0.5) is 10.2 Å². The van der Waals surface area contributed by atoms with Crippen molar-refractivity contribution >= 4 is 17.7 Å². The second-order valence-corrected chi connectivity index (χ2v) is 12.5. The fraction of sp³-hybridized carbons (Fsp3) is 0.645. The third kappa shape index (κ3) is 8.88. The Morgan fingerprint density at radius 1 is 1.03 bits per heavy atom. The standard InChI is InChI=1S/C31H47FN6O/c1-22-20-24(18-19-38(22)26-12-10-8-6-5-7-9-11-13-26)29(39)34-30(35-31(2,3)4)33-28-21-27(36-37-28)23-14-16-25(32)17-15-23/h14-17,21-22,24,26H,5-13,18-20H2,1-4H3,(H3,33,34,35,36,37,39). The number of H-pyrrole nitrogens is 1. The number of aromatic nitrogens is 2. The van der Waals surface area contributed by atoms with E-state index in [1.54, 1.807) is 12.1 Å². The predicted molar refractivity (Wildman–Crippen MR) is 157 cm³/mol. The zero-order chi connectivity index (χ0) is 27.8. The van der Waals surface area contributed by atoms with Crippen LogP contribution < -0.4 is 10.6 Å². The molecule has 2 unspecified atom stereocenters. The summed E-state index contributed by atoms with van der Waals surface area (Å²) in [6, 6.07) is 9.06. The zero-order valence-corrected chi connectivity index (χ0v) is 24.2. The fourth-order valence-corrected chi connectivity index (χ4v) is 6.00. The molecule has 1 aromatic heterocycles. The topological polar surface area (TPSA) is 85.4 Å². The SMILES string of the molecule is CC1CC(C(=O)/N=C(\Nc2cc(-c3ccc(F)cc3)n[nH]2)NC(C)(C)C)CCN1C1CCCCCCCCC1. The maximum absolute atomic E-state index is 13.4. The van der Waals surface area contributed by atoms with Crippen molar-refractivity contribution in [1.29, 1.82) is 0 Å². The Morgan fingerprint density at radius 3 is 2.28 bits per heavy atom. The van der Waals surface area contributed by atoms with E-state index in [0.717, 1.165) is 24.9 Å². The van der Waals surface area contributed by atoms with E-state index in [9.17, 15) is 9.18 Å². The first-order chi connectivity index (χ1) is 18.7. The van der Waals surface area contributed by atoms with Gasteiger partial charge in [-0.15, -0.1) is 0 Å². The molecule has 2 aliphatic rings. The lowest BCUT2D eigenvalue weighted by Gasteiger charge is -2.42. The highest BCUT2D eigenvalue weighted by Crippen LogP contribution is 2.30. The second-order valence-electron chi connectivity index (χ2n) is 12.5. The van der Waals surface area contributed by atoms with Crippen LogP contribution in [0.25, 0.3) is 11.3 Å². The highest BCUT2D eigenvalue weighted by atomic mass is 19.1. The van der Waals surface area contributed by atoms with Crippen LogP contribution in [0, 0.1) is 11.7 Å². The molecule has 1 aliphatic heterocycles. The van der Waals surface area contributed by atoms with Crippen LogP contribution in [0.5, 0.6) is 0 Å². The number of halogens is 1. The van der Waals surface area contributed by atoms with Crippen LogP contribution in [0.3, 0.4) is 0 Å². The Balaban J connectivity index is 1.41. The summed E-state index contributed by atoms with van der Waals surface area (Å²) in [5.41, 5.74) is 1.19. The number of hydrogen-bond donors (Lipinski definition) is 3. The molecule has 0 spiro atoms. The van der Waals surface area contributed by atoms with Crippen LogP contribution >= 0.6 is 0 Å². The molecule has 0 bridgehead atoms. The molecule has 39 heavy (non-hydrogen) atoms. The molecule has 2 atom stereocenters. The van der Waals surface area contributed by atoms with Gasteiger partial charge in [-0.05, 0) is 84.2 Å². The monoisotopic (exact) mass is 538 g/mol. The van der Waals surface area contributed by atoms with Gasteiger partial charge in [-0.1, -0.05) is 44.9 Å². The number of likely N-dealkylation sites (tertiary alicyclic amines) is 1. The summed E-state index contributed by atoms with van der Waals surface area (Å²) in [6.07, 6.45) is 13.8. The lowest BCUT2D eigenvalue weighted by molar-refractivity contribution is -0.124. The number of aromatic amines is 1. The Bertz CT molecular complexity index is 1080. The highest BCUT2D eigenvalue weighted by Gasteiger charge is 2.33. The second kappa shape index (κ2) is 13.6. The Hall–Kier alpha value is -2.74. The quantitative estimate of drug-likeness (QED) is 0.291. The first kappa shape index (κ1) is 29.2. The van der Waals surface area contributed by atoms with Crippen molar-refractivity contribution in [2.45, 2.75) is 116 Å². The summed E-state index contributed by atoms with van der Waals surface area (Å²) in [4.78, 5) is 20.6. The molecule has 1 aliphatic carbocycles. The van der Waals surface area contributed by atoms with Crippen molar-refractivity contribution in [2.75, 3.05) is 11.9 Å². The van der Waals surface area contributed by atoms with Gasteiger partial charge in [0, 0.05) is 35.2 Å². The smallest absolute Gasteiger partial charge is 0.252 e. The van der Waals surface area contributed by atoms with E-state index in [1.807, 2.05) is 26.8 Å². The number of benzene rings is 1. The summed E-state index contributed by atoms with van der Waals surface area (Å²) < 4.78 is 13.3. The van der Waals surface area contributed by atoms with Gasteiger partial charge in [-0.2, -0.15) is 10.1 Å². The van der Waals surface area contributed by atoms with E-state index in [1.165, 1.54) is 69.9 Å². The molecule has 1 amide bonds. The minimum absolute atomic E-state index is 0.0779. The minimum atomic E-state index is -0.293. The van der Waals surface area contributed by atoms with Crippen LogP contribution in [0.15, 0.2) is 35.3 Å². The van der Waals surface area contributed by atoms with Gasteiger partial charge >= 0.3 is 0 Å². The highest BCUT2D eigenvalue weighted by molar-refractivity contribution is 6.01. The number of amides is 1. The molecule has 8 heteroatoms. The molecular weight excluding hydrogens is 491 g/mol. The van der Waals surface area contributed by atoms with Crippen molar-refractivity contribution in [2.24, 2.45) is 10.9 Å². The van der Waals surface area contributed by atoms with Gasteiger partial charge in [-0.25, -0.2) is 4.39 Å². The van der Waals surface area contributed by atoms with Gasteiger partial charge < -0.3 is 10.6 Å². The van der Waals surface area contributed by atoms with E-state index in [0.29, 0.717) is 29.6 Å². The summed E-state index contributed by atoms with van der Waals surface area (Å²) >= 11 is 0. The first-order valence-corrected chi connectivity index (χ1v) is 14.9. The lowest BCUT2D eigenvalue weighted by Crippen LogP contribution is -2.49. The van der Waals surface area contributed by atoms with Gasteiger partial charge in [0.15, 0.2) is 0 Å². The zero-order valence-electron chi connectivity index (χ0n) is 24.2. The third-order valence-corrected chi connectivity index (χ3v) is 8.01. The van der Waals surface area contributed by atoms with Crippen LogP contribution in [0.1, 0.15) is 98.3 Å². The Morgan fingerprint density at radius 2 is 1.67 bits per heavy atom. The van der Waals surface area contributed by atoms with Gasteiger partial charge in [-0.3, -0.25) is 14.8 Å². The predicted octanol–water partition coefficient (Wildman–Crippen LogP) is 6.89. The maximum atomic E-state index is 13.4. The molecule has 1 saturated heterocycles. The molecule has 2 fully saturated rings. The number of anilines is 1. The van der Waals surface area contributed by atoms with E-state index < -0.39 is 0 Å². The molecule has 7 nitrogen and oxygen atoms in total. The number of piperidine rings is 1. The average molecular weight is 539 g/mol. The van der Waals surface area contributed by atoms with Crippen molar-refractivity contribution in [3.8, 4) is 11.3 Å². The van der Waals surface area contributed by atoms with Crippen molar-refractivity contribution in [3.05, 3.63) is 36.1 Å². The molecule has 1 saturated carbocycles. The average Bonchev–Trinajstić information content (AvgIpc) is 3.35. The summed E-state index contributed by atoms with van der Waals surface area (Å²) in [5, 5.41) is 13.9. The van der Waals surface area contributed by atoms with Gasteiger partial charge in [0.1, 0.15) is 11.6 Å². The van der Waals surface area contributed by atoms with Crippen molar-refractivity contribution in [3.63, 3.8) is 0 Å². The fourth-order valence-electron chi connectivity index (χ4n) is 6.00. The number of guanidine groups is 1. The normalized spacial score (nSPS) is 22.8. The van der Waals surface area contributed by atoms with E-state index in [2.05, 4.69) is 37.6 Å². The molecule has 2 heterocycles. The van der Waals surface area contributed by atoms with Crippen LogP contribution in [-0.4, -0.2) is 51.1 Å². The summed E-state index contributed by atoms with van der Waals surface area (Å²) in [7, 11) is 0. The van der Waals surface area contributed by atoms with Crippen molar-refractivity contribution in [1.82, 2.24) is 20.4 Å². The molecule has 3 N–H and O–H groups in total. The van der Waals surface area contributed by atoms with Crippen LogP contribution in [0.2, 0.25) is 0 Å². The molecule has 0 radical (unpaired) electrons. The number of carbonyl (C=O) groups excluding carboxylic acids is 1. The number of hydrogen-bond acceptors (Lipinski definition) is 3. The Labute approximate surface area is 233 Å². The molecule has 214 valence electrons. The summed E-state index contributed by atoms with van der Waals surface area (Å²) in [5.74, 6) is 0.572. The number of carbonyl (C=O) groups is 1. The third-order valence-electron chi connectivity index (χ3n) is 8.01. The molecular formula is C31H47FN6O. The first-order valence-electron chi connectivity index (χ1n) is 14.9. The van der Waals surface area contributed by atoms with Crippen LogP contribution in [-0.2, 0) is 4.79 Å². The van der Waals surface area contributed by atoms with Gasteiger partial charge in [0.25, 0.3) is 5.91 Å². The maximum Gasteiger partial charge on any atom is 0.252 e. The molecule has 1 aromatic carbocycles. The molecule has 4 rings (SSSR count). The minimum Gasteiger partial charge on any atom is -0.351 e. The number of aliphatic imine (C=N–C) groups is 1. The summed E-state index contributed by atoms with van der Waals surface area (Å²) in [6.45, 7) is 9.35. The number of rotatable bonds is 4. The van der Waals surface area contributed by atoms with E-state index in [-0.39, 0.29) is 23.2 Å². The van der Waals surface area contributed by atoms with E-state index in [4.69, 9.17) is 0 Å².